The van der Waals surface area contributed by atoms with E-state index >= 15 is 0 Å². The number of aldehydes is 1. The lowest BCUT2D eigenvalue weighted by Crippen LogP contribution is -2.26. The summed E-state index contributed by atoms with van der Waals surface area (Å²) in [5.41, 5.74) is 1.94. The van der Waals surface area contributed by atoms with Gasteiger partial charge in [0.15, 0.2) is 6.29 Å². The monoisotopic (exact) mass is 356 g/mol. The lowest BCUT2D eigenvalue weighted by Gasteiger charge is -2.23. The summed E-state index contributed by atoms with van der Waals surface area (Å²) in [6.07, 6.45) is 9.69. The molecule has 0 radical (unpaired) electrons. The number of rotatable bonds is 3. The van der Waals surface area contributed by atoms with Crippen LogP contribution in [0, 0.1) is 0 Å². The fraction of sp³-hybridized carbons (Fsp3) is 0.444. The summed E-state index contributed by atoms with van der Waals surface area (Å²) < 4.78 is 2.43. The quantitative estimate of drug-likeness (QED) is 0.673. The first-order valence-electron chi connectivity index (χ1n) is 8.56. The van der Waals surface area contributed by atoms with Crippen molar-refractivity contribution in [2.24, 2.45) is 0 Å². The number of anilines is 1. The molecule has 1 aliphatic rings. The predicted molar refractivity (Wildman–Crippen MR) is 101 cm³/mol. The molecule has 4 rings (SSSR count). The number of hydrogen-bond acceptors (Lipinski definition) is 6. The van der Waals surface area contributed by atoms with Gasteiger partial charge in [-0.25, -0.2) is 9.97 Å². The number of aromatic nitrogens is 3. The average Bonchev–Trinajstić information content (AvgIpc) is 3.01. The van der Waals surface area contributed by atoms with E-state index in [9.17, 15) is 9.59 Å². The summed E-state index contributed by atoms with van der Waals surface area (Å²) >= 11 is 1.37. The van der Waals surface area contributed by atoms with Crippen molar-refractivity contribution in [3.8, 4) is 0 Å². The molecule has 3 aromatic rings. The normalized spacial score (nSPS) is 15.8. The first-order valence-corrected chi connectivity index (χ1v) is 9.38. The third kappa shape index (κ3) is 2.54. The van der Waals surface area contributed by atoms with Gasteiger partial charge in [-0.3, -0.25) is 14.2 Å². The van der Waals surface area contributed by atoms with Crippen LogP contribution in [0.15, 0.2) is 17.3 Å². The van der Waals surface area contributed by atoms with Crippen molar-refractivity contribution in [2.75, 3.05) is 19.0 Å². The lowest BCUT2D eigenvalue weighted by molar-refractivity contribution is 0.112. The predicted octanol–water partition coefficient (Wildman–Crippen LogP) is 3.39. The van der Waals surface area contributed by atoms with Crippen molar-refractivity contribution in [1.82, 2.24) is 14.5 Å². The highest BCUT2D eigenvalue weighted by molar-refractivity contribution is 7.25. The molecule has 0 amide bonds. The van der Waals surface area contributed by atoms with Crippen molar-refractivity contribution in [3.05, 3.63) is 28.4 Å². The minimum Gasteiger partial charge on any atom is -0.376 e. The van der Waals surface area contributed by atoms with E-state index in [1.165, 1.54) is 17.8 Å². The van der Waals surface area contributed by atoms with Gasteiger partial charge in [0.2, 0.25) is 0 Å². The molecule has 3 heterocycles. The Labute approximate surface area is 149 Å². The molecule has 6 nitrogen and oxygen atoms in total. The summed E-state index contributed by atoms with van der Waals surface area (Å²) in [4.78, 5) is 36.1. The molecular weight excluding hydrogens is 336 g/mol. The van der Waals surface area contributed by atoms with Crippen LogP contribution in [0.5, 0.6) is 0 Å². The summed E-state index contributed by atoms with van der Waals surface area (Å²) in [7, 11) is 3.77. The maximum Gasteiger partial charge on any atom is 0.271 e. The van der Waals surface area contributed by atoms with Crippen molar-refractivity contribution in [2.45, 2.75) is 38.1 Å². The molecule has 0 aromatic carbocycles. The van der Waals surface area contributed by atoms with Gasteiger partial charge >= 0.3 is 0 Å². The number of nitrogens with zero attached hydrogens (tertiary/aromatic N) is 4. The van der Waals surface area contributed by atoms with Crippen LogP contribution >= 0.6 is 11.3 Å². The van der Waals surface area contributed by atoms with E-state index in [1.54, 1.807) is 17.1 Å². The molecule has 0 N–H and O–H groups in total. The van der Waals surface area contributed by atoms with Crippen molar-refractivity contribution in [1.29, 1.82) is 0 Å². The van der Waals surface area contributed by atoms with Gasteiger partial charge in [-0.1, -0.05) is 19.3 Å². The Balaban J connectivity index is 2.00. The molecule has 0 atom stereocenters. The topological polar surface area (TPSA) is 68.1 Å². The molecule has 0 saturated heterocycles. The Hall–Kier alpha value is -2.28. The van der Waals surface area contributed by atoms with E-state index in [0.717, 1.165) is 47.9 Å². The zero-order valence-electron chi connectivity index (χ0n) is 14.4. The highest BCUT2D eigenvalue weighted by Gasteiger charge is 2.22. The first-order chi connectivity index (χ1) is 12.1. The minimum atomic E-state index is 0.0114. The van der Waals surface area contributed by atoms with E-state index in [-0.39, 0.29) is 11.6 Å². The molecule has 0 spiro atoms. The van der Waals surface area contributed by atoms with E-state index < -0.39 is 0 Å². The van der Waals surface area contributed by atoms with Gasteiger partial charge in [-0.05, 0) is 12.8 Å². The van der Waals surface area contributed by atoms with Gasteiger partial charge in [0.05, 0.1) is 28.5 Å². The van der Waals surface area contributed by atoms with Crippen LogP contribution in [0.4, 0.5) is 5.69 Å². The van der Waals surface area contributed by atoms with Crippen molar-refractivity contribution >= 4 is 43.7 Å². The number of pyridine rings is 1. The fourth-order valence-electron chi connectivity index (χ4n) is 3.79. The third-order valence-corrected chi connectivity index (χ3v) is 6.05. The Morgan fingerprint density at radius 1 is 1.24 bits per heavy atom. The van der Waals surface area contributed by atoms with E-state index in [4.69, 9.17) is 0 Å². The Kier molecular flexibility index (Phi) is 4.03. The smallest absolute Gasteiger partial charge is 0.271 e. The lowest BCUT2D eigenvalue weighted by atomic mass is 9.95. The molecule has 0 unspecified atom stereocenters. The zero-order valence-corrected chi connectivity index (χ0v) is 15.2. The van der Waals surface area contributed by atoms with Gasteiger partial charge in [-0.15, -0.1) is 11.3 Å². The van der Waals surface area contributed by atoms with Crippen molar-refractivity contribution < 1.29 is 4.79 Å². The fourth-order valence-corrected chi connectivity index (χ4v) is 4.83. The van der Waals surface area contributed by atoms with Gasteiger partial charge in [0, 0.05) is 26.3 Å². The number of thiophene rings is 1. The van der Waals surface area contributed by atoms with Crippen LogP contribution in [0.25, 0.3) is 20.4 Å². The second-order valence-corrected chi connectivity index (χ2v) is 7.78. The average molecular weight is 356 g/mol. The second kappa shape index (κ2) is 6.22. The number of carbonyl (C=O) groups is 1. The number of fused-ring (bicyclic) bond motifs is 3. The van der Waals surface area contributed by atoms with Crippen LogP contribution < -0.4 is 10.5 Å². The summed E-state index contributed by atoms with van der Waals surface area (Å²) in [5, 5.41) is 0.794. The van der Waals surface area contributed by atoms with Crippen LogP contribution in [0.3, 0.4) is 0 Å². The third-order valence-electron chi connectivity index (χ3n) is 4.98. The first kappa shape index (κ1) is 16.2. The molecule has 25 heavy (non-hydrogen) atoms. The van der Waals surface area contributed by atoms with Crippen molar-refractivity contribution in [3.63, 3.8) is 0 Å². The molecule has 7 heteroatoms. The minimum absolute atomic E-state index is 0.0114. The van der Waals surface area contributed by atoms with Crippen LogP contribution in [-0.2, 0) is 0 Å². The van der Waals surface area contributed by atoms with Gasteiger partial charge < -0.3 is 4.90 Å². The maximum atomic E-state index is 13.1. The second-order valence-electron chi connectivity index (χ2n) is 6.78. The van der Waals surface area contributed by atoms with Crippen LogP contribution in [0.1, 0.15) is 48.5 Å². The standard InChI is InChI=1S/C18H20N4O2S/c1-21(2)15-11(9-23)8-19-17-13(15)14-16(25-17)18(24)22(10-20-14)12-6-4-3-5-7-12/h8-10,12H,3-7H2,1-2H3. The Morgan fingerprint density at radius 2 is 2.00 bits per heavy atom. The van der Waals surface area contributed by atoms with E-state index in [0.29, 0.717) is 15.8 Å². The maximum absolute atomic E-state index is 13.1. The molecule has 1 fully saturated rings. The molecule has 0 bridgehead atoms. The van der Waals surface area contributed by atoms with Crippen LogP contribution in [-0.4, -0.2) is 34.9 Å². The van der Waals surface area contributed by atoms with Gasteiger partial charge in [0.1, 0.15) is 9.53 Å². The largest absolute Gasteiger partial charge is 0.376 e. The SMILES string of the molecule is CN(C)c1c(C=O)cnc2sc3c(=O)n(C4CCCCC4)cnc3c12. The Morgan fingerprint density at radius 3 is 2.68 bits per heavy atom. The summed E-state index contributed by atoms with van der Waals surface area (Å²) in [6.45, 7) is 0. The molecular formula is C18H20N4O2S. The molecule has 3 aromatic heterocycles. The zero-order chi connectivity index (χ0) is 17.6. The van der Waals surface area contributed by atoms with Crippen LogP contribution in [0.2, 0.25) is 0 Å². The van der Waals surface area contributed by atoms with Gasteiger partial charge in [-0.2, -0.15) is 0 Å². The molecule has 1 aliphatic carbocycles. The number of hydrogen-bond donors (Lipinski definition) is 0. The molecule has 0 aliphatic heterocycles. The summed E-state index contributed by atoms with van der Waals surface area (Å²) in [6, 6.07) is 0.246. The highest BCUT2D eigenvalue weighted by Crippen LogP contribution is 2.37. The Bertz CT molecular complexity index is 1020. The molecule has 1 saturated carbocycles. The van der Waals surface area contributed by atoms with Gasteiger partial charge in [0.25, 0.3) is 5.56 Å². The number of carbonyl (C=O) groups excluding carboxylic acids is 1. The van der Waals surface area contributed by atoms with E-state index in [2.05, 4.69) is 9.97 Å². The molecule has 130 valence electrons. The highest BCUT2D eigenvalue weighted by atomic mass is 32.1. The van der Waals surface area contributed by atoms with E-state index in [1.807, 2.05) is 19.0 Å². The summed E-state index contributed by atoms with van der Waals surface area (Å²) in [5.74, 6) is 0.